The van der Waals surface area contributed by atoms with E-state index in [1.807, 2.05) is 35.7 Å². The highest BCUT2D eigenvalue weighted by atomic mass is 35.5. The van der Waals surface area contributed by atoms with Crippen molar-refractivity contribution in [1.29, 1.82) is 0 Å². The van der Waals surface area contributed by atoms with Crippen molar-refractivity contribution >= 4 is 70.5 Å². The van der Waals surface area contributed by atoms with E-state index < -0.39 is 0 Å². The maximum Gasteiger partial charge on any atom is 0.0608 e. The molecule has 0 saturated carbocycles. The van der Waals surface area contributed by atoms with Gasteiger partial charge in [0.25, 0.3) is 0 Å². The molecule has 2 aromatic rings. The van der Waals surface area contributed by atoms with E-state index in [1.54, 1.807) is 12.1 Å². The number of hydrogen-bond acceptors (Lipinski definition) is 4. The van der Waals surface area contributed by atoms with Crippen LogP contribution in [-0.4, -0.2) is 0 Å². The Morgan fingerprint density at radius 3 is 2.52 bits per heavy atom. The van der Waals surface area contributed by atoms with Crippen LogP contribution in [0.15, 0.2) is 46.7 Å². The highest BCUT2D eigenvalue weighted by Crippen LogP contribution is 2.29. The van der Waals surface area contributed by atoms with Gasteiger partial charge >= 0.3 is 0 Å². The maximum atomic E-state index is 5.97. The molecule has 0 fully saturated rings. The number of hydrogen-bond donors (Lipinski definition) is 2. The third-order valence-electron chi connectivity index (χ3n) is 2.51. The first-order valence-corrected chi connectivity index (χ1v) is 8.69. The van der Waals surface area contributed by atoms with E-state index in [1.165, 1.54) is 23.9 Å². The summed E-state index contributed by atoms with van der Waals surface area (Å²) in [5.41, 5.74) is 1.84. The van der Waals surface area contributed by atoms with Gasteiger partial charge in [-0.2, -0.15) is 0 Å². The number of benzene rings is 2. The van der Waals surface area contributed by atoms with Crippen LogP contribution in [-0.2, 0) is 0 Å². The van der Waals surface area contributed by atoms with E-state index in [0.29, 0.717) is 15.1 Å². The van der Waals surface area contributed by atoms with E-state index in [2.05, 4.69) is 4.72 Å². The Bertz CT molecular complexity index is 663. The molecule has 0 heterocycles. The minimum Gasteiger partial charge on any atom is -0.325 e. The maximum absolute atomic E-state index is 5.97. The molecule has 0 aromatic heterocycles. The number of rotatable bonds is 5. The Hall–Kier alpha value is -0.490. The smallest absolute Gasteiger partial charge is 0.0608 e. The number of anilines is 1. The standard InChI is InChI=1S/C14H11Cl3N2S2/c15-10-2-4-14(21-18)13(8-10)19-20-6-5-9-1-3-11(16)12(17)7-9/h1-8,19H,18H2/b6-5+. The molecule has 0 bridgehead atoms. The third-order valence-corrected chi connectivity index (χ3v) is 4.70. The summed E-state index contributed by atoms with van der Waals surface area (Å²) in [7, 11) is 0. The molecule has 0 aliphatic carbocycles. The number of nitrogens with one attached hydrogen (secondary N) is 1. The molecule has 2 nitrogen and oxygen atoms in total. The van der Waals surface area contributed by atoms with Gasteiger partial charge in [-0.25, -0.2) is 0 Å². The van der Waals surface area contributed by atoms with Crippen molar-refractivity contribution in [2.45, 2.75) is 4.90 Å². The first-order valence-electron chi connectivity index (χ1n) is 5.79. The molecule has 3 N–H and O–H groups in total. The minimum atomic E-state index is 0.536. The Morgan fingerprint density at radius 1 is 1.00 bits per heavy atom. The lowest BCUT2D eigenvalue weighted by Crippen LogP contribution is -1.90. The molecule has 0 radical (unpaired) electrons. The minimum absolute atomic E-state index is 0.536. The van der Waals surface area contributed by atoms with Crippen molar-refractivity contribution in [3.8, 4) is 0 Å². The topological polar surface area (TPSA) is 38.0 Å². The Labute approximate surface area is 147 Å². The fourth-order valence-electron chi connectivity index (χ4n) is 1.51. The van der Waals surface area contributed by atoms with Gasteiger partial charge in [-0.1, -0.05) is 40.9 Å². The first-order chi connectivity index (χ1) is 10.1. The summed E-state index contributed by atoms with van der Waals surface area (Å²) in [4.78, 5) is 0.926. The summed E-state index contributed by atoms with van der Waals surface area (Å²) in [6.07, 6.45) is 1.93. The van der Waals surface area contributed by atoms with Gasteiger partial charge in [0.05, 0.1) is 15.7 Å². The fraction of sp³-hybridized carbons (Fsp3) is 0. The molecule has 0 aliphatic heterocycles. The van der Waals surface area contributed by atoms with Crippen molar-refractivity contribution in [3.63, 3.8) is 0 Å². The summed E-state index contributed by atoms with van der Waals surface area (Å²) < 4.78 is 3.19. The average Bonchev–Trinajstić information content (AvgIpc) is 2.47. The second-order valence-corrected chi connectivity index (χ2v) is 6.59. The molecule has 0 aliphatic rings. The predicted octanol–water partition coefficient (Wildman–Crippen LogP) is 6.34. The normalized spacial score (nSPS) is 11.0. The lowest BCUT2D eigenvalue weighted by molar-refractivity contribution is 1.46. The molecule has 7 heteroatoms. The first kappa shape index (κ1) is 16.9. The monoisotopic (exact) mass is 376 g/mol. The number of nitrogens with two attached hydrogens (primary N) is 1. The lowest BCUT2D eigenvalue weighted by Gasteiger charge is -2.07. The average molecular weight is 378 g/mol. The van der Waals surface area contributed by atoms with Gasteiger partial charge in [0.15, 0.2) is 0 Å². The molecule has 2 rings (SSSR count). The van der Waals surface area contributed by atoms with E-state index in [4.69, 9.17) is 39.9 Å². The van der Waals surface area contributed by atoms with E-state index in [9.17, 15) is 0 Å². The van der Waals surface area contributed by atoms with Crippen LogP contribution in [0.3, 0.4) is 0 Å². The molecule has 0 unspecified atom stereocenters. The summed E-state index contributed by atoms with van der Waals surface area (Å²) in [5.74, 6) is 0. The second kappa shape index (κ2) is 8.22. The molecule has 0 amide bonds. The van der Waals surface area contributed by atoms with Crippen LogP contribution in [0.2, 0.25) is 15.1 Å². The third kappa shape index (κ3) is 5.02. The fourth-order valence-corrected chi connectivity index (χ4v) is 3.03. The summed E-state index contributed by atoms with van der Waals surface area (Å²) >= 11 is 20.4. The van der Waals surface area contributed by atoms with Crippen LogP contribution in [0, 0.1) is 0 Å². The van der Waals surface area contributed by atoms with Crippen LogP contribution >= 0.6 is 58.7 Å². The second-order valence-electron chi connectivity index (χ2n) is 3.95. The van der Waals surface area contributed by atoms with Gasteiger partial charge in [-0.15, -0.1) is 0 Å². The SMILES string of the molecule is NSc1ccc(Cl)cc1NS/C=C/c1ccc(Cl)c(Cl)c1. The van der Waals surface area contributed by atoms with Gasteiger partial charge in [0.2, 0.25) is 0 Å². The molecule has 2 aromatic carbocycles. The van der Waals surface area contributed by atoms with Crippen molar-refractivity contribution in [2.24, 2.45) is 5.14 Å². The Balaban J connectivity index is 1.99. The molecule has 0 saturated heterocycles. The van der Waals surface area contributed by atoms with E-state index in [-0.39, 0.29) is 0 Å². The van der Waals surface area contributed by atoms with Crippen LogP contribution in [0.1, 0.15) is 5.56 Å². The van der Waals surface area contributed by atoms with Crippen molar-refractivity contribution in [3.05, 3.63) is 62.4 Å². The van der Waals surface area contributed by atoms with Crippen molar-refractivity contribution in [2.75, 3.05) is 4.72 Å². The van der Waals surface area contributed by atoms with Crippen LogP contribution in [0.4, 0.5) is 5.69 Å². The van der Waals surface area contributed by atoms with Gasteiger partial charge in [-0.05, 0) is 71.3 Å². The van der Waals surface area contributed by atoms with Crippen molar-refractivity contribution < 1.29 is 0 Å². The molecular formula is C14H11Cl3N2S2. The summed E-state index contributed by atoms with van der Waals surface area (Å²) in [5, 5.41) is 9.25. The van der Waals surface area contributed by atoms with E-state index >= 15 is 0 Å². The lowest BCUT2D eigenvalue weighted by atomic mass is 10.2. The summed E-state index contributed by atoms with van der Waals surface area (Å²) in [6, 6.07) is 11.0. The largest absolute Gasteiger partial charge is 0.325 e. The van der Waals surface area contributed by atoms with E-state index in [0.717, 1.165) is 16.1 Å². The quantitative estimate of drug-likeness (QED) is 0.596. The van der Waals surface area contributed by atoms with Crippen molar-refractivity contribution in [1.82, 2.24) is 0 Å². The van der Waals surface area contributed by atoms with Crippen LogP contribution in [0.25, 0.3) is 6.08 Å². The molecule has 21 heavy (non-hydrogen) atoms. The predicted molar refractivity (Wildman–Crippen MR) is 98.2 cm³/mol. The molecule has 0 spiro atoms. The zero-order valence-electron chi connectivity index (χ0n) is 10.6. The molecular weight excluding hydrogens is 367 g/mol. The van der Waals surface area contributed by atoms with Gasteiger partial charge in [0, 0.05) is 9.92 Å². The zero-order chi connectivity index (χ0) is 15.2. The Kier molecular flexibility index (Phi) is 6.61. The molecule has 110 valence electrons. The number of halogens is 3. The zero-order valence-corrected chi connectivity index (χ0v) is 14.5. The highest BCUT2D eigenvalue weighted by Gasteiger charge is 2.02. The van der Waals surface area contributed by atoms with Crippen LogP contribution in [0.5, 0.6) is 0 Å². The highest BCUT2D eigenvalue weighted by molar-refractivity contribution is 8.03. The summed E-state index contributed by atoms with van der Waals surface area (Å²) in [6.45, 7) is 0. The van der Waals surface area contributed by atoms with Gasteiger partial charge < -0.3 is 4.72 Å². The van der Waals surface area contributed by atoms with Gasteiger partial charge in [-0.3, -0.25) is 5.14 Å². The van der Waals surface area contributed by atoms with Crippen LogP contribution < -0.4 is 9.86 Å². The van der Waals surface area contributed by atoms with Gasteiger partial charge in [0.1, 0.15) is 0 Å². The molecule has 0 atom stereocenters. The Morgan fingerprint density at radius 2 is 1.81 bits per heavy atom.